The molecule has 1 atom stereocenters. The van der Waals surface area contributed by atoms with Crippen LogP contribution in [-0.4, -0.2) is 28.1 Å². The van der Waals surface area contributed by atoms with E-state index < -0.39 is 23.7 Å². The van der Waals surface area contributed by atoms with Gasteiger partial charge in [-0.05, 0) is 35.9 Å². The Labute approximate surface area is 130 Å². The molecule has 6 nitrogen and oxygen atoms in total. The van der Waals surface area contributed by atoms with Crippen LogP contribution < -0.4 is 10.6 Å². The molecule has 2 amide bonds. The summed E-state index contributed by atoms with van der Waals surface area (Å²) in [6, 6.07) is 6.78. The van der Waals surface area contributed by atoms with E-state index in [4.69, 9.17) is 0 Å². The molecule has 0 fully saturated rings. The number of fused-ring (bicyclic) bond motifs is 1. The average molecular weight is 316 g/mol. The lowest BCUT2D eigenvalue weighted by molar-refractivity contribution is -0.117. The van der Waals surface area contributed by atoms with Gasteiger partial charge in [0.1, 0.15) is 11.9 Å². The zero-order chi connectivity index (χ0) is 16.6. The summed E-state index contributed by atoms with van der Waals surface area (Å²) in [5, 5.41) is 23.9. The van der Waals surface area contributed by atoms with Crippen molar-refractivity contribution < 1.29 is 24.2 Å². The van der Waals surface area contributed by atoms with Crippen LogP contribution in [0.25, 0.3) is 0 Å². The number of aromatic hydroxyl groups is 2. The first kappa shape index (κ1) is 14.8. The Balaban J connectivity index is 1.86. The number of nitrogens with one attached hydrogen (secondary N) is 2. The van der Waals surface area contributed by atoms with Crippen LogP contribution in [0.3, 0.4) is 0 Å². The van der Waals surface area contributed by atoms with Crippen molar-refractivity contribution in [2.75, 3.05) is 5.32 Å². The summed E-state index contributed by atoms with van der Waals surface area (Å²) in [6.07, 6.45) is 0.113. The van der Waals surface area contributed by atoms with Gasteiger partial charge in [0.25, 0.3) is 5.91 Å². The summed E-state index contributed by atoms with van der Waals surface area (Å²) in [5.74, 6) is -2.13. The molecule has 0 unspecified atom stereocenters. The molecule has 3 rings (SSSR count). The maximum Gasteiger partial charge on any atom is 0.254 e. The van der Waals surface area contributed by atoms with E-state index in [0.717, 1.165) is 12.1 Å². The first-order valence-electron chi connectivity index (χ1n) is 6.86. The number of anilines is 1. The molecule has 0 saturated carbocycles. The lowest BCUT2D eigenvalue weighted by Crippen LogP contribution is -2.42. The van der Waals surface area contributed by atoms with Crippen LogP contribution in [0, 0.1) is 5.82 Å². The number of amides is 2. The van der Waals surface area contributed by atoms with E-state index in [2.05, 4.69) is 10.6 Å². The molecule has 2 aromatic carbocycles. The van der Waals surface area contributed by atoms with Crippen LogP contribution in [0.4, 0.5) is 10.1 Å². The molecule has 0 spiro atoms. The third kappa shape index (κ3) is 2.94. The number of carbonyl (C=O) groups excluding carboxylic acids is 2. The Morgan fingerprint density at radius 3 is 2.57 bits per heavy atom. The summed E-state index contributed by atoms with van der Waals surface area (Å²) in [4.78, 5) is 24.4. The number of carbonyl (C=O) groups is 2. The summed E-state index contributed by atoms with van der Waals surface area (Å²) < 4.78 is 13.3. The van der Waals surface area contributed by atoms with Crippen LogP contribution in [0.2, 0.25) is 0 Å². The monoisotopic (exact) mass is 316 g/mol. The van der Waals surface area contributed by atoms with Crippen molar-refractivity contribution in [2.45, 2.75) is 12.5 Å². The van der Waals surface area contributed by atoms with Gasteiger partial charge < -0.3 is 20.8 Å². The molecule has 0 aromatic heterocycles. The smallest absolute Gasteiger partial charge is 0.254 e. The van der Waals surface area contributed by atoms with Crippen molar-refractivity contribution in [1.29, 1.82) is 0 Å². The van der Waals surface area contributed by atoms with E-state index in [-0.39, 0.29) is 29.2 Å². The number of halogens is 1. The number of phenolic OH excluding ortho intramolecular Hbond substituents is 2. The molecule has 118 valence electrons. The van der Waals surface area contributed by atoms with Crippen molar-refractivity contribution >= 4 is 17.5 Å². The SMILES string of the molecule is O=C1N[C@@H](Cc2ccc(O)c(O)c2)C(=O)Nc2cc(F)ccc21. The number of phenols is 2. The Hall–Kier alpha value is -3.09. The van der Waals surface area contributed by atoms with Crippen LogP contribution >= 0.6 is 0 Å². The predicted molar refractivity (Wildman–Crippen MR) is 79.8 cm³/mol. The summed E-state index contributed by atoms with van der Waals surface area (Å²) >= 11 is 0. The van der Waals surface area contributed by atoms with Crippen molar-refractivity contribution in [1.82, 2.24) is 5.32 Å². The Morgan fingerprint density at radius 1 is 1.04 bits per heavy atom. The second-order valence-corrected chi connectivity index (χ2v) is 5.23. The molecular formula is C16H13FN2O4. The van der Waals surface area contributed by atoms with E-state index in [1.165, 1.54) is 24.3 Å². The van der Waals surface area contributed by atoms with E-state index in [9.17, 15) is 24.2 Å². The third-order valence-corrected chi connectivity index (χ3v) is 3.59. The quantitative estimate of drug-likeness (QED) is 0.632. The second-order valence-electron chi connectivity index (χ2n) is 5.23. The normalized spacial score (nSPS) is 17.0. The van der Waals surface area contributed by atoms with E-state index in [0.29, 0.717) is 5.56 Å². The van der Waals surface area contributed by atoms with Crippen LogP contribution in [0.1, 0.15) is 15.9 Å². The molecule has 4 N–H and O–H groups in total. The Bertz CT molecular complexity index is 807. The second kappa shape index (κ2) is 5.60. The minimum Gasteiger partial charge on any atom is -0.504 e. The molecule has 2 aromatic rings. The maximum absolute atomic E-state index is 13.3. The number of hydrogen-bond acceptors (Lipinski definition) is 4. The molecule has 0 aliphatic carbocycles. The molecule has 23 heavy (non-hydrogen) atoms. The first-order valence-corrected chi connectivity index (χ1v) is 6.86. The maximum atomic E-state index is 13.3. The molecule has 0 bridgehead atoms. The van der Waals surface area contributed by atoms with Gasteiger partial charge in [-0.1, -0.05) is 6.07 Å². The lowest BCUT2D eigenvalue weighted by atomic mass is 10.0. The van der Waals surface area contributed by atoms with Crippen molar-refractivity contribution in [3.05, 3.63) is 53.3 Å². The number of rotatable bonds is 2. The van der Waals surface area contributed by atoms with Crippen molar-refractivity contribution in [3.63, 3.8) is 0 Å². The largest absolute Gasteiger partial charge is 0.504 e. The summed E-state index contributed by atoms with van der Waals surface area (Å²) in [7, 11) is 0. The van der Waals surface area contributed by atoms with Gasteiger partial charge in [-0.15, -0.1) is 0 Å². The zero-order valence-electron chi connectivity index (χ0n) is 11.8. The minimum absolute atomic E-state index is 0.113. The van der Waals surface area contributed by atoms with Crippen LogP contribution in [0.15, 0.2) is 36.4 Å². The van der Waals surface area contributed by atoms with Crippen LogP contribution in [-0.2, 0) is 11.2 Å². The average Bonchev–Trinajstić information content (AvgIpc) is 2.60. The van der Waals surface area contributed by atoms with Gasteiger partial charge in [-0.25, -0.2) is 4.39 Å². The first-order chi connectivity index (χ1) is 10.9. The third-order valence-electron chi connectivity index (χ3n) is 3.59. The highest BCUT2D eigenvalue weighted by Gasteiger charge is 2.28. The van der Waals surface area contributed by atoms with E-state index in [1.54, 1.807) is 0 Å². The fraction of sp³-hybridized carbons (Fsp3) is 0.125. The number of benzene rings is 2. The van der Waals surface area contributed by atoms with Gasteiger partial charge in [0.2, 0.25) is 5.91 Å². The van der Waals surface area contributed by atoms with Crippen molar-refractivity contribution in [3.8, 4) is 11.5 Å². The highest BCUT2D eigenvalue weighted by molar-refractivity contribution is 6.09. The topological polar surface area (TPSA) is 98.7 Å². The molecule has 1 aliphatic rings. The summed E-state index contributed by atoms with van der Waals surface area (Å²) in [5.41, 5.74) is 0.845. The summed E-state index contributed by atoms with van der Waals surface area (Å²) in [6.45, 7) is 0. The highest BCUT2D eigenvalue weighted by atomic mass is 19.1. The molecule has 0 radical (unpaired) electrons. The van der Waals surface area contributed by atoms with Gasteiger partial charge in [0, 0.05) is 6.42 Å². The van der Waals surface area contributed by atoms with Gasteiger partial charge in [0.05, 0.1) is 11.3 Å². The highest BCUT2D eigenvalue weighted by Crippen LogP contribution is 2.26. The van der Waals surface area contributed by atoms with E-state index >= 15 is 0 Å². The number of hydrogen-bond donors (Lipinski definition) is 4. The van der Waals surface area contributed by atoms with Gasteiger partial charge in [-0.3, -0.25) is 9.59 Å². The van der Waals surface area contributed by atoms with Crippen LogP contribution in [0.5, 0.6) is 11.5 Å². The predicted octanol–water partition coefficient (Wildman–Crippen LogP) is 1.53. The fourth-order valence-electron chi connectivity index (χ4n) is 2.41. The lowest BCUT2D eigenvalue weighted by Gasteiger charge is -2.14. The molecule has 7 heteroatoms. The van der Waals surface area contributed by atoms with Gasteiger partial charge >= 0.3 is 0 Å². The minimum atomic E-state index is -0.887. The zero-order valence-corrected chi connectivity index (χ0v) is 11.8. The van der Waals surface area contributed by atoms with Crippen molar-refractivity contribution in [2.24, 2.45) is 0 Å². The Morgan fingerprint density at radius 2 is 1.83 bits per heavy atom. The Kier molecular flexibility index (Phi) is 3.61. The van der Waals surface area contributed by atoms with Gasteiger partial charge in [0.15, 0.2) is 11.5 Å². The molecule has 1 aliphatic heterocycles. The standard InChI is InChI=1S/C16H13FN2O4/c17-9-2-3-10-11(7-9)18-16(23)12(19-15(10)22)5-8-1-4-13(20)14(21)6-8/h1-4,6-7,12,20-21H,5H2,(H,18,23)(H,19,22)/t12-/m0/s1. The molecule has 1 heterocycles. The van der Waals surface area contributed by atoms with Gasteiger partial charge in [-0.2, -0.15) is 0 Å². The molecular weight excluding hydrogens is 303 g/mol. The van der Waals surface area contributed by atoms with E-state index in [1.807, 2.05) is 0 Å². The molecule has 0 saturated heterocycles. The fourth-order valence-corrected chi connectivity index (χ4v) is 2.41.